The first-order valence-corrected chi connectivity index (χ1v) is 5.92. The molecule has 0 aromatic heterocycles. The van der Waals surface area contributed by atoms with E-state index in [4.69, 9.17) is 4.78 Å². The van der Waals surface area contributed by atoms with Crippen LogP contribution in [0.4, 0.5) is 0 Å². The Labute approximate surface area is 68.5 Å². The molecule has 11 heavy (non-hydrogen) atoms. The number of piperidine rings is 1. The van der Waals surface area contributed by atoms with Crippen LogP contribution < -0.4 is 5.32 Å². The van der Waals surface area contributed by atoms with E-state index in [0.29, 0.717) is 5.75 Å². The molecular weight excluding hydrogens is 160 g/mol. The van der Waals surface area contributed by atoms with Gasteiger partial charge in [-0.25, -0.2) is 4.21 Å². The van der Waals surface area contributed by atoms with Crippen molar-refractivity contribution in [2.45, 2.75) is 25.0 Å². The molecule has 3 nitrogen and oxygen atoms in total. The van der Waals surface area contributed by atoms with Crippen LogP contribution in [0.2, 0.25) is 0 Å². The van der Waals surface area contributed by atoms with E-state index in [2.05, 4.69) is 5.32 Å². The van der Waals surface area contributed by atoms with Crippen molar-refractivity contribution in [3.63, 3.8) is 0 Å². The minimum absolute atomic E-state index is 0.147. The summed E-state index contributed by atoms with van der Waals surface area (Å²) in [5, 5.41) is 3.35. The van der Waals surface area contributed by atoms with E-state index in [0.717, 1.165) is 25.9 Å². The van der Waals surface area contributed by atoms with Crippen molar-refractivity contribution in [3.05, 3.63) is 0 Å². The van der Waals surface area contributed by atoms with Crippen LogP contribution in [-0.2, 0) is 9.73 Å². The third kappa shape index (κ3) is 2.17. The predicted octanol–water partition coefficient (Wildman–Crippen LogP) is 0.805. The summed E-state index contributed by atoms with van der Waals surface area (Å²) in [4.78, 5) is 0. The summed E-state index contributed by atoms with van der Waals surface area (Å²) in [5.41, 5.74) is 0. The lowest BCUT2D eigenvalue weighted by molar-refractivity contribution is 0.516. The summed E-state index contributed by atoms with van der Waals surface area (Å²) < 4.78 is 19.1. The van der Waals surface area contributed by atoms with Gasteiger partial charge in [0.1, 0.15) is 0 Å². The minimum atomic E-state index is -2.26. The zero-order chi connectivity index (χ0) is 8.32. The number of rotatable bonds is 2. The van der Waals surface area contributed by atoms with E-state index >= 15 is 0 Å². The number of hydrogen-bond acceptors (Lipinski definition) is 3. The molecule has 1 fully saturated rings. The fraction of sp³-hybridized carbons (Fsp3) is 1.00. The van der Waals surface area contributed by atoms with Gasteiger partial charge in [0.25, 0.3) is 0 Å². The molecule has 66 valence electrons. The average Bonchev–Trinajstić information content (AvgIpc) is 2.06. The Morgan fingerprint density at radius 1 is 1.55 bits per heavy atom. The molecule has 1 saturated heterocycles. The van der Waals surface area contributed by atoms with Crippen LogP contribution in [0.15, 0.2) is 0 Å². The molecule has 4 heteroatoms. The van der Waals surface area contributed by atoms with Crippen LogP contribution in [0.3, 0.4) is 0 Å². The third-order valence-electron chi connectivity index (χ3n) is 2.25. The van der Waals surface area contributed by atoms with Gasteiger partial charge in [-0.05, 0) is 25.9 Å². The van der Waals surface area contributed by atoms with Crippen molar-refractivity contribution in [2.75, 3.05) is 18.8 Å². The molecule has 0 bridgehead atoms. The molecule has 0 aromatic rings. The maximum atomic E-state index is 11.5. The van der Waals surface area contributed by atoms with Crippen molar-refractivity contribution in [1.29, 1.82) is 4.78 Å². The maximum Gasteiger partial charge on any atom is 0.0468 e. The van der Waals surface area contributed by atoms with Crippen molar-refractivity contribution < 1.29 is 4.21 Å². The molecule has 1 unspecified atom stereocenters. The normalized spacial score (nSPS) is 26.3. The fourth-order valence-corrected chi connectivity index (χ4v) is 2.88. The number of nitrogens with one attached hydrogen (secondary N) is 2. The molecule has 1 aliphatic rings. The van der Waals surface area contributed by atoms with Crippen LogP contribution in [-0.4, -0.2) is 28.3 Å². The van der Waals surface area contributed by atoms with Gasteiger partial charge in [-0.1, -0.05) is 6.92 Å². The summed E-state index contributed by atoms with van der Waals surface area (Å²) >= 11 is 0. The van der Waals surface area contributed by atoms with Crippen LogP contribution in [0.25, 0.3) is 0 Å². The highest BCUT2D eigenvalue weighted by Gasteiger charge is 2.21. The monoisotopic (exact) mass is 176 g/mol. The zero-order valence-electron chi connectivity index (χ0n) is 6.93. The Morgan fingerprint density at radius 2 is 2.09 bits per heavy atom. The minimum Gasteiger partial charge on any atom is -0.317 e. The molecule has 0 aliphatic carbocycles. The first-order chi connectivity index (χ1) is 5.17. The van der Waals surface area contributed by atoms with Gasteiger partial charge in [0.15, 0.2) is 0 Å². The molecule has 0 aromatic carbocycles. The van der Waals surface area contributed by atoms with E-state index in [1.807, 2.05) is 6.92 Å². The highest BCUT2D eigenvalue weighted by Crippen LogP contribution is 2.14. The molecule has 1 heterocycles. The SMILES string of the molecule is CCS(=N)(=O)C1CCNCC1. The van der Waals surface area contributed by atoms with Crippen LogP contribution in [0.5, 0.6) is 0 Å². The molecule has 1 atom stereocenters. The topological polar surface area (TPSA) is 53.0 Å². The summed E-state index contributed by atoms with van der Waals surface area (Å²) in [6.07, 6.45) is 1.83. The van der Waals surface area contributed by atoms with E-state index in [9.17, 15) is 4.21 Å². The molecule has 0 amide bonds. The molecule has 0 saturated carbocycles. The van der Waals surface area contributed by atoms with Crippen molar-refractivity contribution in [1.82, 2.24) is 5.32 Å². The van der Waals surface area contributed by atoms with Crippen molar-refractivity contribution in [2.24, 2.45) is 0 Å². The Hall–Kier alpha value is -0.0900. The molecular formula is C7H16N2OS. The summed E-state index contributed by atoms with van der Waals surface area (Å²) in [6.45, 7) is 3.71. The van der Waals surface area contributed by atoms with Gasteiger partial charge in [-0.3, -0.25) is 4.78 Å². The van der Waals surface area contributed by atoms with Gasteiger partial charge in [-0.15, -0.1) is 0 Å². The Morgan fingerprint density at radius 3 is 2.55 bits per heavy atom. The van der Waals surface area contributed by atoms with Gasteiger partial charge >= 0.3 is 0 Å². The standard InChI is InChI=1S/C7H16N2OS/c1-2-11(8,10)7-3-5-9-6-4-7/h7-9H,2-6H2,1H3. The Kier molecular flexibility index (Phi) is 2.90. The lowest BCUT2D eigenvalue weighted by Crippen LogP contribution is -2.35. The fourth-order valence-electron chi connectivity index (χ4n) is 1.41. The number of hydrogen-bond donors (Lipinski definition) is 2. The van der Waals surface area contributed by atoms with Crippen LogP contribution >= 0.6 is 0 Å². The second-order valence-electron chi connectivity index (χ2n) is 2.96. The van der Waals surface area contributed by atoms with Gasteiger partial charge in [0, 0.05) is 20.7 Å². The van der Waals surface area contributed by atoms with Gasteiger partial charge in [0.05, 0.1) is 0 Å². The van der Waals surface area contributed by atoms with E-state index in [-0.39, 0.29) is 5.25 Å². The first-order valence-electron chi connectivity index (χ1n) is 4.13. The summed E-state index contributed by atoms with van der Waals surface area (Å²) in [7, 11) is -2.26. The highest BCUT2D eigenvalue weighted by molar-refractivity contribution is 7.93. The third-order valence-corrected chi connectivity index (χ3v) is 4.66. The van der Waals surface area contributed by atoms with E-state index in [1.165, 1.54) is 0 Å². The average molecular weight is 176 g/mol. The van der Waals surface area contributed by atoms with Crippen molar-refractivity contribution >= 4 is 9.73 Å². The molecule has 0 spiro atoms. The van der Waals surface area contributed by atoms with E-state index < -0.39 is 9.73 Å². The van der Waals surface area contributed by atoms with Crippen molar-refractivity contribution in [3.8, 4) is 0 Å². The molecule has 1 aliphatic heterocycles. The maximum absolute atomic E-state index is 11.5. The van der Waals surface area contributed by atoms with Crippen LogP contribution in [0, 0.1) is 4.78 Å². The Balaban J connectivity index is 2.58. The summed E-state index contributed by atoms with van der Waals surface area (Å²) in [5.74, 6) is 0.512. The van der Waals surface area contributed by atoms with E-state index in [1.54, 1.807) is 0 Å². The quantitative estimate of drug-likeness (QED) is 0.654. The smallest absolute Gasteiger partial charge is 0.0468 e. The van der Waals surface area contributed by atoms with Crippen LogP contribution in [0.1, 0.15) is 19.8 Å². The summed E-state index contributed by atoms with van der Waals surface area (Å²) in [6, 6.07) is 0. The Bertz CT molecular complexity index is 204. The second kappa shape index (κ2) is 3.54. The van der Waals surface area contributed by atoms with Gasteiger partial charge < -0.3 is 5.32 Å². The highest BCUT2D eigenvalue weighted by atomic mass is 32.2. The molecule has 2 N–H and O–H groups in total. The predicted molar refractivity (Wildman–Crippen MR) is 47.3 cm³/mol. The molecule has 1 rings (SSSR count). The lowest BCUT2D eigenvalue weighted by Gasteiger charge is -2.23. The second-order valence-corrected chi connectivity index (χ2v) is 5.66. The first kappa shape index (κ1) is 9.00. The molecule has 0 radical (unpaired) electrons. The van der Waals surface area contributed by atoms with Gasteiger partial charge in [0.2, 0.25) is 0 Å². The van der Waals surface area contributed by atoms with Gasteiger partial charge in [-0.2, -0.15) is 0 Å². The zero-order valence-corrected chi connectivity index (χ0v) is 7.75. The lowest BCUT2D eigenvalue weighted by atomic mass is 10.2. The largest absolute Gasteiger partial charge is 0.317 e.